The van der Waals surface area contributed by atoms with Crippen molar-refractivity contribution >= 4 is 29.7 Å². The maximum absolute atomic E-state index is 13.1. The third-order valence-electron chi connectivity index (χ3n) is 5.44. The van der Waals surface area contributed by atoms with Gasteiger partial charge in [0.15, 0.2) is 0 Å². The molecule has 182 valence electrons. The number of carbonyl (C=O) groups is 5. The Labute approximate surface area is 188 Å². The highest BCUT2D eigenvalue weighted by Crippen LogP contribution is 2.20. The van der Waals surface area contributed by atoms with E-state index in [9.17, 15) is 29.1 Å². The highest BCUT2D eigenvalue weighted by Gasteiger charge is 2.38. The standard InChI is InChI=1S/C21H36N4O7/c1-11(2)10-14(20(30)25-9-5-6-15(25)21(31)32)24-18(28)13(7-8-16(26)27)23-19(29)17(22)12(3)4/h11-15,17H,5-10,22H2,1-4H3,(H,23,29)(H,24,28)(H,26,27)(H,31,32). The van der Waals surface area contributed by atoms with Crippen LogP contribution in [-0.2, 0) is 24.0 Å². The molecule has 0 aromatic rings. The topological polar surface area (TPSA) is 179 Å². The van der Waals surface area contributed by atoms with E-state index in [1.54, 1.807) is 13.8 Å². The summed E-state index contributed by atoms with van der Waals surface area (Å²) >= 11 is 0. The van der Waals surface area contributed by atoms with Crippen LogP contribution in [0.4, 0.5) is 0 Å². The van der Waals surface area contributed by atoms with E-state index in [-0.39, 0.29) is 37.6 Å². The Kier molecular flexibility index (Phi) is 10.6. The molecule has 1 aliphatic rings. The molecule has 11 heteroatoms. The Morgan fingerprint density at radius 3 is 2.09 bits per heavy atom. The van der Waals surface area contributed by atoms with Crippen LogP contribution >= 0.6 is 0 Å². The number of aliphatic carboxylic acids is 2. The van der Waals surface area contributed by atoms with E-state index in [0.29, 0.717) is 12.8 Å². The van der Waals surface area contributed by atoms with Crippen molar-refractivity contribution in [2.45, 2.75) is 84.0 Å². The van der Waals surface area contributed by atoms with Gasteiger partial charge in [-0.15, -0.1) is 0 Å². The SMILES string of the molecule is CC(C)CC(NC(=O)C(CCC(=O)O)NC(=O)C(N)C(C)C)C(=O)N1CCCC1C(=O)O. The minimum atomic E-state index is -1.19. The number of hydrogen-bond donors (Lipinski definition) is 5. The zero-order valence-electron chi connectivity index (χ0n) is 19.2. The summed E-state index contributed by atoms with van der Waals surface area (Å²) in [5, 5.41) is 23.5. The van der Waals surface area contributed by atoms with Crippen LogP contribution in [0.25, 0.3) is 0 Å². The maximum Gasteiger partial charge on any atom is 0.326 e. The maximum atomic E-state index is 13.1. The van der Waals surface area contributed by atoms with Gasteiger partial charge in [-0.3, -0.25) is 19.2 Å². The summed E-state index contributed by atoms with van der Waals surface area (Å²) in [4.78, 5) is 62.2. The van der Waals surface area contributed by atoms with Crippen LogP contribution in [0.3, 0.4) is 0 Å². The first-order chi connectivity index (χ1) is 14.8. The molecular weight excluding hydrogens is 420 g/mol. The predicted molar refractivity (Wildman–Crippen MR) is 115 cm³/mol. The molecule has 11 nitrogen and oxygen atoms in total. The summed E-state index contributed by atoms with van der Waals surface area (Å²) in [5.41, 5.74) is 5.83. The predicted octanol–water partition coefficient (Wildman–Crippen LogP) is -0.0742. The van der Waals surface area contributed by atoms with E-state index in [1.165, 1.54) is 4.90 Å². The van der Waals surface area contributed by atoms with Crippen molar-refractivity contribution < 1.29 is 34.2 Å². The van der Waals surface area contributed by atoms with E-state index in [1.807, 2.05) is 13.8 Å². The van der Waals surface area contributed by atoms with E-state index in [0.717, 1.165) is 0 Å². The number of rotatable bonds is 12. The number of hydrogen-bond acceptors (Lipinski definition) is 6. The summed E-state index contributed by atoms with van der Waals surface area (Å²) in [5.74, 6) is -4.23. The molecule has 0 spiro atoms. The van der Waals surface area contributed by atoms with Gasteiger partial charge in [0.05, 0.1) is 6.04 Å². The number of nitrogens with zero attached hydrogens (tertiary/aromatic N) is 1. The fraction of sp³-hybridized carbons (Fsp3) is 0.762. The lowest BCUT2D eigenvalue weighted by Crippen LogP contribution is -2.57. The number of carboxylic acids is 2. The minimum Gasteiger partial charge on any atom is -0.481 e. The van der Waals surface area contributed by atoms with Crippen molar-refractivity contribution in [1.29, 1.82) is 0 Å². The second-order valence-corrected chi connectivity index (χ2v) is 8.98. The van der Waals surface area contributed by atoms with Crippen molar-refractivity contribution in [2.24, 2.45) is 17.6 Å². The molecule has 4 atom stereocenters. The first-order valence-electron chi connectivity index (χ1n) is 11.0. The molecule has 0 aliphatic carbocycles. The van der Waals surface area contributed by atoms with Crippen molar-refractivity contribution in [1.82, 2.24) is 15.5 Å². The number of carbonyl (C=O) groups excluding carboxylic acids is 3. The molecule has 0 aromatic heterocycles. The van der Waals surface area contributed by atoms with E-state index in [2.05, 4.69) is 10.6 Å². The fourth-order valence-corrected chi connectivity index (χ4v) is 3.56. The lowest BCUT2D eigenvalue weighted by Gasteiger charge is -2.30. The molecule has 1 rings (SSSR count). The van der Waals surface area contributed by atoms with Gasteiger partial charge in [0, 0.05) is 13.0 Å². The van der Waals surface area contributed by atoms with Crippen LogP contribution in [0, 0.1) is 11.8 Å². The molecule has 4 unspecified atom stereocenters. The van der Waals surface area contributed by atoms with Gasteiger partial charge in [0.1, 0.15) is 18.1 Å². The molecule has 1 aliphatic heterocycles. The van der Waals surface area contributed by atoms with Crippen LogP contribution in [0.1, 0.15) is 59.8 Å². The van der Waals surface area contributed by atoms with Crippen molar-refractivity contribution in [3.63, 3.8) is 0 Å². The number of likely N-dealkylation sites (tertiary alicyclic amines) is 1. The second kappa shape index (κ2) is 12.4. The number of amides is 3. The minimum absolute atomic E-state index is 0.0107. The average molecular weight is 457 g/mol. The van der Waals surface area contributed by atoms with Gasteiger partial charge in [-0.05, 0) is 37.5 Å². The molecule has 3 amide bonds. The molecule has 0 bridgehead atoms. The van der Waals surface area contributed by atoms with Crippen molar-refractivity contribution in [2.75, 3.05) is 6.54 Å². The highest BCUT2D eigenvalue weighted by atomic mass is 16.4. The summed E-state index contributed by atoms with van der Waals surface area (Å²) in [6, 6.07) is -4.02. The van der Waals surface area contributed by atoms with E-state index < -0.39 is 53.8 Å². The van der Waals surface area contributed by atoms with E-state index in [4.69, 9.17) is 10.8 Å². The lowest BCUT2D eigenvalue weighted by atomic mass is 10.0. The summed E-state index contributed by atoms with van der Waals surface area (Å²) in [6.45, 7) is 7.47. The Bertz CT molecular complexity index is 710. The van der Waals surface area contributed by atoms with Gasteiger partial charge >= 0.3 is 11.9 Å². The Morgan fingerprint density at radius 2 is 1.59 bits per heavy atom. The van der Waals surface area contributed by atoms with Crippen molar-refractivity contribution in [3.05, 3.63) is 0 Å². The third kappa shape index (κ3) is 8.10. The second-order valence-electron chi connectivity index (χ2n) is 8.98. The zero-order chi connectivity index (χ0) is 24.6. The van der Waals surface area contributed by atoms with Gasteiger partial charge in [-0.25, -0.2) is 4.79 Å². The molecule has 1 saturated heterocycles. The largest absolute Gasteiger partial charge is 0.481 e. The number of nitrogens with one attached hydrogen (secondary N) is 2. The fourth-order valence-electron chi connectivity index (χ4n) is 3.56. The summed E-state index contributed by atoms with van der Waals surface area (Å²) < 4.78 is 0. The van der Waals surface area contributed by atoms with Gasteiger partial charge in [0.2, 0.25) is 17.7 Å². The molecule has 32 heavy (non-hydrogen) atoms. The Balaban J connectivity index is 3.03. The molecule has 0 aromatic carbocycles. The zero-order valence-corrected chi connectivity index (χ0v) is 19.2. The van der Waals surface area contributed by atoms with Crippen LogP contribution < -0.4 is 16.4 Å². The molecule has 0 radical (unpaired) electrons. The monoisotopic (exact) mass is 456 g/mol. The summed E-state index contributed by atoms with van der Waals surface area (Å²) in [6.07, 6.45) is 0.606. The first kappa shape index (κ1) is 27.3. The lowest BCUT2D eigenvalue weighted by molar-refractivity contribution is -0.149. The number of carboxylic acid groups (broad SMARTS) is 2. The van der Waals surface area contributed by atoms with E-state index >= 15 is 0 Å². The average Bonchev–Trinajstić information content (AvgIpc) is 3.18. The van der Waals surface area contributed by atoms with Crippen LogP contribution in [0.2, 0.25) is 0 Å². The van der Waals surface area contributed by atoms with Gasteiger partial charge in [-0.1, -0.05) is 27.7 Å². The first-order valence-corrected chi connectivity index (χ1v) is 11.0. The Hall–Kier alpha value is -2.69. The van der Waals surface area contributed by atoms with Gasteiger partial charge in [0.25, 0.3) is 0 Å². The molecule has 1 fully saturated rings. The van der Waals surface area contributed by atoms with Gasteiger partial charge in [-0.2, -0.15) is 0 Å². The molecule has 0 saturated carbocycles. The van der Waals surface area contributed by atoms with Crippen LogP contribution in [-0.4, -0.2) is 75.5 Å². The molecular formula is C21H36N4O7. The highest BCUT2D eigenvalue weighted by molar-refractivity contribution is 5.94. The number of nitrogens with two attached hydrogens (primary N) is 1. The summed E-state index contributed by atoms with van der Waals surface area (Å²) in [7, 11) is 0. The van der Waals surface area contributed by atoms with Crippen molar-refractivity contribution in [3.8, 4) is 0 Å². The quantitative estimate of drug-likeness (QED) is 0.270. The Morgan fingerprint density at radius 1 is 1.00 bits per heavy atom. The van der Waals surface area contributed by atoms with Crippen LogP contribution in [0.15, 0.2) is 0 Å². The molecule has 1 heterocycles. The smallest absolute Gasteiger partial charge is 0.326 e. The molecule has 6 N–H and O–H groups in total. The van der Waals surface area contributed by atoms with Gasteiger partial charge < -0.3 is 31.5 Å². The normalized spacial score (nSPS) is 18.8. The third-order valence-corrected chi connectivity index (χ3v) is 5.44. The van der Waals surface area contributed by atoms with Crippen LogP contribution in [0.5, 0.6) is 0 Å².